The van der Waals surface area contributed by atoms with Gasteiger partial charge in [0.2, 0.25) is 0 Å². The Morgan fingerprint density at radius 1 is 1.47 bits per heavy atom. The summed E-state index contributed by atoms with van der Waals surface area (Å²) in [6.07, 6.45) is 5.93. The van der Waals surface area contributed by atoms with Gasteiger partial charge in [0.1, 0.15) is 0 Å². The molecule has 1 aliphatic heterocycles. The Labute approximate surface area is 119 Å². The molecule has 1 aromatic rings. The van der Waals surface area contributed by atoms with Crippen LogP contribution in [0.5, 0.6) is 0 Å². The van der Waals surface area contributed by atoms with Gasteiger partial charge in [-0.15, -0.1) is 0 Å². The number of hydrogen-bond acceptors (Lipinski definition) is 5. The highest BCUT2D eigenvalue weighted by atomic mass is 32.1. The van der Waals surface area contributed by atoms with E-state index in [9.17, 15) is 5.11 Å². The van der Waals surface area contributed by atoms with Gasteiger partial charge in [-0.25, -0.2) is 4.98 Å². The van der Waals surface area contributed by atoms with E-state index in [1.807, 2.05) is 0 Å². The van der Waals surface area contributed by atoms with E-state index in [1.54, 1.807) is 11.3 Å². The van der Waals surface area contributed by atoms with E-state index in [0.29, 0.717) is 6.10 Å². The number of hydrogen-bond donors (Lipinski definition) is 1. The zero-order valence-electron chi connectivity index (χ0n) is 11.9. The molecule has 4 nitrogen and oxygen atoms in total. The molecule has 1 N–H and O–H groups in total. The van der Waals surface area contributed by atoms with Crippen LogP contribution in [-0.2, 0) is 17.8 Å². The Bertz CT molecular complexity index is 389. The second kappa shape index (κ2) is 7.22. The molecule has 0 bridgehead atoms. The molecule has 1 unspecified atom stereocenters. The first-order chi connectivity index (χ1) is 9.24. The van der Waals surface area contributed by atoms with Crippen molar-refractivity contribution >= 4 is 16.5 Å². The number of aliphatic hydroxyl groups is 1. The Hall–Kier alpha value is -0.650. The highest BCUT2D eigenvalue weighted by molar-refractivity contribution is 7.15. The molecule has 0 saturated carbocycles. The zero-order chi connectivity index (χ0) is 13.7. The Kier molecular flexibility index (Phi) is 5.60. The van der Waals surface area contributed by atoms with Crippen molar-refractivity contribution < 1.29 is 9.84 Å². The minimum absolute atomic E-state index is 0.0980. The van der Waals surface area contributed by atoms with E-state index in [4.69, 9.17) is 4.74 Å². The van der Waals surface area contributed by atoms with Crippen LogP contribution in [0.4, 0.5) is 5.13 Å². The minimum Gasteiger partial charge on any atom is -0.391 e. The molecule has 1 aliphatic rings. The van der Waals surface area contributed by atoms with Crippen molar-refractivity contribution in [3.05, 3.63) is 10.6 Å². The van der Waals surface area contributed by atoms with E-state index < -0.39 is 0 Å². The average molecular weight is 284 g/mol. The van der Waals surface area contributed by atoms with Crippen molar-refractivity contribution in [2.45, 2.75) is 51.7 Å². The fourth-order valence-corrected chi connectivity index (χ4v) is 3.36. The van der Waals surface area contributed by atoms with E-state index in [2.05, 4.69) is 23.9 Å². The summed E-state index contributed by atoms with van der Waals surface area (Å²) in [5.74, 6) is 0. The Morgan fingerprint density at radius 2 is 2.32 bits per heavy atom. The molecule has 0 aromatic carbocycles. The maximum atomic E-state index is 9.39. The molecule has 108 valence electrons. The van der Waals surface area contributed by atoms with Crippen LogP contribution in [0.15, 0.2) is 0 Å². The molecule has 1 fully saturated rings. The van der Waals surface area contributed by atoms with Gasteiger partial charge in [0, 0.05) is 20.2 Å². The second-order valence-corrected chi connectivity index (χ2v) is 6.21. The fraction of sp³-hybridized carbons (Fsp3) is 0.786. The maximum Gasteiger partial charge on any atom is 0.185 e. The predicted molar refractivity (Wildman–Crippen MR) is 78.9 cm³/mol. The van der Waals surface area contributed by atoms with Crippen molar-refractivity contribution in [3.8, 4) is 0 Å². The quantitative estimate of drug-likeness (QED) is 0.872. The standard InChI is InChI=1S/C14H24N2O2S/c1-3-6-12-13(10-17)19-14(15-12)16(2)9-11-7-4-5-8-18-11/h11,17H,3-10H2,1-2H3. The van der Waals surface area contributed by atoms with E-state index >= 15 is 0 Å². The fourth-order valence-electron chi connectivity index (χ4n) is 2.42. The SMILES string of the molecule is CCCc1nc(N(C)CC2CCCCO2)sc1CO. The maximum absolute atomic E-state index is 9.39. The minimum atomic E-state index is 0.0980. The summed E-state index contributed by atoms with van der Waals surface area (Å²) < 4.78 is 5.77. The van der Waals surface area contributed by atoms with Gasteiger partial charge >= 0.3 is 0 Å². The van der Waals surface area contributed by atoms with Crippen LogP contribution in [0.2, 0.25) is 0 Å². The molecule has 5 heteroatoms. The number of thiazole rings is 1. The highest BCUT2D eigenvalue weighted by Crippen LogP contribution is 2.27. The lowest BCUT2D eigenvalue weighted by Gasteiger charge is -2.27. The summed E-state index contributed by atoms with van der Waals surface area (Å²) in [4.78, 5) is 7.84. The number of rotatable bonds is 6. The summed E-state index contributed by atoms with van der Waals surface area (Å²) in [6.45, 7) is 4.02. The van der Waals surface area contributed by atoms with E-state index in [1.165, 1.54) is 12.8 Å². The third-order valence-electron chi connectivity index (χ3n) is 3.48. The lowest BCUT2D eigenvalue weighted by molar-refractivity contribution is 0.0216. The zero-order valence-corrected chi connectivity index (χ0v) is 12.7. The number of aromatic nitrogens is 1. The molecule has 2 heterocycles. The van der Waals surface area contributed by atoms with Crippen molar-refractivity contribution in [2.75, 3.05) is 25.1 Å². The summed E-state index contributed by atoms with van der Waals surface area (Å²) in [5, 5.41) is 10.4. The molecule has 0 amide bonds. The third kappa shape index (κ3) is 3.91. The predicted octanol–water partition coefficient (Wildman–Crippen LogP) is 2.59. The lowest BCUT2D eigenvalue weighted by atomic mass is 10.1. The van der Waals surface area contributed by atoms with Crippen LogP contribution in [0.25, 0.3) is 0 Å². The molecule has 1 atom stereocenters. The van der Waals surface area contributed by atoms with Gasteiger partial charge in [-0.3, -0.25) is 0 Å². The van der Waals surface area contributed by atoms with Crippen LogP contribution in [-0.4, -0.2) is 36.4 Å². The second-order valence-electron chi connectivity index (χ2n) is 5.14. The Morgan fingerprint density at radius 3 is 2.95 bits per heavy atom. The van der Waals surface area contributed by atoms with Gasteiger partial charge in [-0.05, 0) is 25.7 Å². The van der Waals surface area contributed by atoms with Crippen LogP contribution in [0.1, 0.15) is 43.2 Å². The summed E-state index contributed by atoms with van der Waals surface area (Å²) in [6, 6.07) is 0. The van der Waals surface area contributed by atoms with Gasteiger partial charge in [-0.2, -0.15) is 0 Å². The molecule has 1 saturated heterocycles. The number of aryl methyl sites for hydroxylation is 1. The molecule has 0 radical (unpaired) electrons. The van der Waals surface area contributed by atoms with Gasteiger partial charge < -0.3 is 14.7 Å². The normalized spacial score (nSPS) is 19.6. The Balaban J connectivity index is 1.99. The van der Waals surface area contributed by atoms with Crippen molar-refractivity contribution in [1.29, 1.82) is 0 Å². The summed E-state index contributed by atoms with van der Waals surface area (Å²) in [7, 11) is 2.06. The molecule has 1 aromatic heterocycles. The first kappa shape index (κ1) is 14.8. The number of aliphatic hydroxyl groups excluding tert-OH is 1. The number of nitrogens with zero attached hydrogens (tertiary/aromatic N) is 2. The molecule has 2 rings (SSSR count). The van der Waals surface area contributed by atoms with Crippen LogP contribution in [0.3, 0.4) is 0 Å². The molecular formula is C14H24N2O2S. The first-order valence-electron chi connectivity index (χ1n) is 7.16. The summed E-state index contributed by atoms with van der Waals surface area (Å²) >= 11 is 1.61. The smallest absolute Gasteiger partial charge is 0.185 e. The third-order valence-corrected chi connectivity index (χ3v) is 4.67. The highest BCUT2D eigenvalue weighted by Gasteiger charge is 2.19. The van der Waals surface area contributed by atoms with Crippen LogP contribution < -0.4 is 4.90 Å². The van der Waals surface area contributed by atoms with Crippen LogP contribution in [0, 0.1) is 0 Å². The number of likely N-dealkylation sites (N-methyl/N-ethyl adjacent to an activating group) is 1. The van der Waals surface area contributed by atoms with Gasteiger partial charge in [0.15, 0.2) is 5.13 Å². The van der Waals surface area contributed by atoms with Crippen molar-refractivity contribution in [2.24, 2.45) is 0 Å². The monoisotopic (exact) mass is 284 g/mol. The van der Waals surface area contributed by atoms with E-state index in [-0.39, 0.29) is 6.61 Å². The molecule has 0 aliphatic carbocycles. The number of ether oxygens (including phenoxy) is 1. The first-order valence-corrected chi connectivity index (χ1v) is 7.98. The molecule has 0 spiro atoms. The number of anilines is 1. The van der Waals surface area contributed by atoms with Crippen molar-refractivity contribution in [3.63, 3.8) is 0 Å². The topological polar surface area (TPSA) is 45.6 Å². The van der Waals surface area contributed by atoms with Gasteiger partial charge in [-0.1, -0.05) is 24.7 Å². The van der Waals surface area contributed by atoms with Gasteiger partial charge in [0.05, 0.1) is 23.3 Å². The van der Waals surface area contributed by atoms with Crippen LogP contribution >= 0.6 is 11.3 Å². The average Bonchev–Trinajstić information content (AvgIpc) is 2.83. The molecule has 19 heavy (non-hydrogen) atoms. The van der Waals surface area contributed by atoms with Crippen molar-refractivity contribution in [1.82, 2.24) is 4.98 Å². The van der Waals surface area contributed by atoms with Gasteiger partial charge in [0.25, 0.3) is 0 Å². The largest absolute Gasteiger partial charge is 0.391 e. The lowest BCUT2D eigenvalue weighted by Crippen LogP contribution is -2.33. The molecular weight excluding hydrogens is 260 g/mol. The summed E-state index contributed by atoms with van der Waals surface area (Å²) in [5.41, 5.74) is 1.06. The van der Waals surface area contributed by atoms with E-state index in [0.717, 1.165) is 48.1 Å².